The van der Waals surface area contributed by atoms with Crippen LogP contribution in [0, 0.1) is 6.92 Å². The van der Waals surface area contributed by atoms with Crippen molar-refractivity contribution < 1.29 is 32.2 Å². The summed E-state index contributed by atoms with van der Waals surface area (Å²) in [7, 11) is 0. The molecule has 8 heteroatoms. The molecule has 4 aromatic rings. The number of aryl methyl sites for hydroxylation is 2. The lowest BCUT2D eigenvalue weighted by molar-refractivity contribution is -0.138. The third-order valence-corrected chi connectivity index (χ3v) is 6.21. The summed E-state index contributed by atoms with van der Waals surface area (Å²) in [5.74, 6) is 0.952. The van der Waals surface area contributed by atoms with Gasteiger partial charge in [-0.2, -0.15) is 13.2 Å². The van der Waals surface area contributed by atoms with Crippen LogP contribution in [0.4, 0.5) is 13.2 Å². The first-order valence-corrected chi connectivity index (χ1v) is 10.6. The molecule has 0 unspecified atom stereocenters. The summed E-state index contributed by atoms with van der Waals surface area (Å²) < 4.78 is 51.0. The van der Waals surface area contributed by atoms with Crippen molar-refractivity contribution in [1.29, 1.82) is 0 Å². The molecular weight excluding hydrogens is 441 g/mol. The van der Waals surface area contributed by atoms with Gasteiger partial charge in [0.05, 0.1) is 12.0 Å². The van der Waals surface area contributed by atoms with Gasteiger partial charge in [-0.05, 0) is 61.2 Å². The van der Waals surface area contributed by atoms with E-state index >= 15 is 0 Å². The van der Waals surface area contributed by atoms with Crippen LogP contribution in [-0.4, -0.2) is 11.1 Å². The average Bonchev–Trinajstić information content (AvgIpc) is 3.32. The Kier molecular flexibility index (Phi) is 5.97. The lowest BCUT2D eigenvalue weighted by atomic mass is 10.1. The molecule has 0 amide bonds. The van der Waals surface area contributed by atoms with E-state index in [1.165, 1.54) is 12.1 Å². The van der Waals surface area contributed by atoms with Gasteiger partial charge in [-0.15, -0.1) is 11.3 Å². The van der Waals surface area contributed by atoms with Crippen LogP contribution in [0.15, 0.2) is 59.0 Å². The van der Waals surface area contributed by atoms with Gasteiger partial charge in [0.2, 0.25) is 0 Å². The molecule has 0 fully saturated rings. The largest absolute Gasteiger partial charge is 0.489 e. The Labute approximate surface area is 185 Å². The molecule has 0 bridgehead atoms. The molecule has 4 nitrogen and oxygen atoms in total. The number of benzene rings is 2. The van der Waals surface area contributed by atoms with E-state index < -0.39 is 17.7 Å². The summed E-state index contributed by atoms with van der Waals surface area (Å²) in [4.78, 5) is 11.8. The Bertz CT molecular complexity index is 1250. The number of thiophene rings is 1. The van der Waals surface area contributed by atoms with E-state index in [1.54, 1.807) is 24.3 Å². The lowest BCUT2D eigenvalue weighted by Gasteiger charge is -2.06. The summed E-state index contributed by atoms with van der Waals surface area (Å²) in [6.07, 6.45) is -3.79. The third kappa shape index (κ3) is 4.96. The van der Waals surface area contributed by atoms with Gasteiger partial charge in [-0.1, -0.05) is 12.1 Å². The fraction of sp³-hybridized carbons (Fsp3) is 0.208. The first-order valence-electron chi connectivity index (χ1n) is 9.83. The maximum absolute atomic E-state index is 12.8. The zero-order chi connectivity index (χ0) is 22.9. The average molecular weight is 460 g/mol. The molecule has 1 N–H and O–H groups in total. The quantitative estimate of drug-likeness (QED) is 0.320. The first-order chi connectivity index (χ1) is 15.2. The van der Waals surface area contributed by atoms with Gasteiger partial charge in [-0.3, -0.25) is 4.79 Å². The molecule has 2 aromatic carbocycles. The molecule has 4 rings (SSSR count). The number of rotatable bonds is 7. The van der Waals surface area contributed by atoms with Crippen LogP contribution in [0.25, 0.3) is 21.4 Å². The number of carboxylic acid groups (broad SMARTS) is 1. The molecule has 0 aliphatic rings. The first kappa shape index (κ1) is 22.0. The number of aliphatic carboxylic acids is 1. The highest BCUT2D eigenvalue weighted by atomic mass is 32.1. The van der Waals surface area contributed by atoms with E-state index in [0.717, 1.165) is 32.7 Å². The van der Waals surface area contributed by atoms with Crippen molar-refractivity contribution in [3.8, 4) is 17.1 Å². The lowest BCUT2D eigenvalue weighted by Crippen LogP contribution is -2.03. The number of carboxylic acids is 1. The van der Waals surface area contributed by atoms with E-state index in [4.69, 9.17) is 14.3 Å². The number of alkyl halides is 3. The van der Waals surface area contributed by atoms with E-state index in [0.29, 0.717) is 29.3 Å². The highest BCUT2D eigenvalue weighted by Gasteiger charge is 2.30. The van der Waals surface area contributed by atoms with Crippen LogP contribution < -0.4 is 4.74 Å². The summed E-state index contributed by atoms with van der Waals surface area (Å²) >= 11 is 1.56. The molecule has 2 aromatic heterocycles. The van der Waals surface area contributed by atoms with Gasteiger partial charge < -0.3 is 14.3 Å². The van der Waals surface area contributed by atoms with Gasteiger partial charge in [0.1, 0.15) is 23.9 Å². The molecule has 0 saturated carbocycles. The summed E-state index contributed by atoms with van der Waals surface area (Å²) in [5.41, 5.74) is 0.649. The monoisotopic (exact) mass is 460 g/mol. The Morgan fingerprint density at radius 3 is 2.53 bits per heavy atom. The molecule has 0 radical (unpaired) electrons. The van der Waals surface area contributed by atoms with Crippen molar-refractivity contribution in [2.75, 3.05) is 0 Å². The number of furan rings is 1. The maximum atomic E-state index is 12.8. The molecule has 0 aliphatic carbocycles. The third-order valence-electron chi connectivity index (χ3n) is 5.04. The van der Waals surface area contributed by atoms with Crippen LogP contribution in [0.5, 0.6) is 5.75 Å². The molecular formula is C24H19F3O4S. The Balaban J connectivity index is 1.45. The van der Waals surface area contributed by atoms with Gasteiger partial charge >= 0.3 is 12.1 Å². The highest BCUT2D eigenvalue weighted by molar-refractivity contribution is 7.19. The smallest absolute Gasteiger partial charge is 0.416 e. The Hall–Kier alpha value is -3.26. The zero-order valence-corrected chi connectivity index (χ0v) is 17.8. The maximum Gasteiger partial charge on any atom is 0.416 e. The molecule has 2 heterocycles. The van der Waals surface area contributed by atoms with Gasteiger partial charge in [-0.25, -0.2) is 0 Å². The van der Waals surface area contributed by atoms with Crippen molar-refractivity contribution in [2.45, 2.75) is 32.5 Å². The topological polar surface area (TPSA) is 59.7 Å². The van der Waals surface area contributed by atoms with Crippen molar-refractivity contribution in [3.63, 3.8) is 0 Å². The van der Waals surface area contributed by atoms with Crippen molar-refractivity contribution in [2.24, 2.45) is 0 Å². The second-order valence-electron chi connectivity index (χ2n) is 7.36. The van der Waals surface area contributed by atoms with Crippen LogP contribution in [0.3, 0.4) is 0 Å². The summed E-state index contributed by atoms with van der Waals surface area (Å²) in [5, 5.41) is 9.83. The molecule has 0 atom stereocenters. The van der Waals surface area contributed by atoms with Crippen LogP contribution in [0.2, 0.25) is 0 Å². The van der Waals surface area contributed by atoms with Crippen LogP contribution in [0.1, 0.15) is 28.2 Å². The molecule has 166 valence electrons. The summed E-state index contributed by atoms with van der Waals surface area (Å²) in [6, 6.07) is 14.3. The minimum Gasteiger partial charge on any atom is -0.489 e. The van der Waals surface area contributed by atoms with E-state index in [1.807, 2.05) is 24.3 Å². The fourth-order valence-corrected chi connectivity index (χ4v) is 4.35. The van der Waals surface area contributed by atoms with Crippen molar-refractivity contribution in [3.05, 3.63) is 76.4 Å². The highest BCUT2D eigenvalue weighted by Crippen LogP contribution is 2.33. The number of fused-ring (bicyclic) bond motifs is 1. The predicted molar refractivity (Wildman–Crippen MR) is 116 cm³/mol. The Morgan fingerprint density at radius 2 is 1.84 bits per heavy atom. The van der Waals surface area contributed by atoms with E-state index in [2.05, 4.69) is 0 Å². The standard InChI is InChI=1S/C24H19F3O4S/c1-14-17(12-21(31-14)15-2-4-18(5-3-15)24(25,26)27)13-30-19-6-8-22-16(10-19)11-20(32-22)7-9-23(28)29/h2-6,8,10-12H,7,9,13H2,1H3,(H,28,29). The number of halogens is 3. The number of ether oxygens (including phenoxy) is 1. The van der Waals surface area contributed by atoms with Gasteiger partial charge in [0.15, 0.2) is 0 Å². The zero-order valence-electron chi connectivity index (χ0n) is 17.0. The Morgan fingerprint density at radius 1 is 1.09 bits per heavy atom. The number of hydrogen-bond acceptors (Lipinski definition) is 4. The van der Waals surface area contributed by atoms with Gasteiger partial charge in [0, 0.05) is 20.7 Å². The fourth-order valence-electron chi connectivity index (χ4n) is 3.31. The molecule has 0 spiro atoms. The van der Waals surface area contributed by atoms with Crippen molar-refractivity contribution in [1.82, 2.24) is 0 Å². The SMILES string of the molecule is Cc1oc(-c2ccc(C(F)(F)F)cc2)cc1COc1ccc2sc(CCC(=O)O)cc2c1. The minimum absolute atomic E-state index is 0.0945. The molecule has 0 aliphatic heterocycles. The molecule has 32 heavy (non-hydrogen) atoms. The van der Waals surface area contributed by atoms with Crippen LogP contribution in [-0.2, 0) is 24.0 Å². The van der Waals surface area contributed by atoms with Crippen molar-refractivity contribution >= 4 is 27.4 Å². The van der Waals surface area contributed by atoms with E-state index in [9.17, 15) is 18.0 Å². The summed E-state index contributed by atoms with van der Waals surface area (Å²) in [6.45, 7) is 2.03. The minimum atomic E-state index is -4.38. The molecule has 0 saturated heterocycles. The second-order valence-corrected chi connectivity index (χ2v) is 8.53. The number of carbonyl (C=O) groups is 1. The predicted octanol–water partition coefficient (Wildman–Crippen LogP) is 7.08. The number of hydrogen-bond donors (Lipinski definition) is 1. The normalized spacial score (nSPS) is 11.8. The van der Waals surface area contributed by atoms with Crippen LogP contribution >= 0.6 is 11.3 Å². The van der Waals surface area contributed by atoms with E-state index in [-0.39, 0.29) is 13.0 Å². The van der Waals surface area contributed by atoms with Gasteiger partial charge in [0.25, 0.3) is 0 Å². The second kappa shape index (κ2) is 8.70.